The van der Waals surface area contributed by atoms with Crippen molar-refractivity contribution in [2.45, 2.75) is 32.7 Å². The molecule has 1 aromatic carbocycles. The molecule has 0 aliphatic carbocycles. The second kappa shape index (κ2) is 5.79. The minimum Gasteiger partial charge on any atom is -0.508 e. The van der Waals surface area contributed by atoms with E-state index in [1.165, 1.54) is 18.2 Å². The molecule has 20 heavy (non-hydrogen) atoms. The lowest BCUT2D eigenvalue weighted by atomic mass is 9.77. The molecule has 1 aromatic rings. The molecule has 1 fully saturated rings. The highest BCUT2D eigenvalue weighted by atomic mass is 19.1. The Bertz CT molecular complexity index is 506. The van der Waals surface area contributed by atoms with E-state index in [0.29, 0.717) is 31.5 Å². The van der Waals surface area contributed by atoms with E-state index in [-0.39, 0.29) is 5.75 Å². The molecular formula is C15H20FNO3. The summed E-state index contributed by atoms with van der Waals surface area (Å²) in [6.45, 7) is 3.47. The number of hydrogen-bond donors (Lipinski definition) is 2. The number of piperidine rings is 1. The monoisotopic (exact) mass is 281 g/mol. The number of carboxylic acids is 1. The van der Waals surface area contributed by atoms with Gasteiger partial charge in [-0.05, 0) is 44.0 Å². The van der Waals surface area contributed by atoms with Crippen molar-refractivity contribution in [1.29, 1.82) is 0 Å². The Kier molecular flexibility index (Phi) is 4.28. The molecular weight excluding hydrogens is 261 g/mol. The van der Waals surface area contributed by atoms with E-state index in [9.17, 15) is 19.4 Å². The van der Waals surface area contributed by atoms with Gasteiger partial charge in [-0.15, -0.1) is 0 Å². The quantitative estimate of drug-likeness (QED) is 0.890. The fraction of sp³-hybridized carbons (Fsp3) is 0.533. The maximum absolute atomic E-state index is 13.2. The summed E-state index contributed by atoms with van der Waals surface area (Å²) in [7, 11) is 0. The number of phenolic OH excluding ortho intramolecular Hbond substituents is 1. The summed E-state index contributed by atoms with van der Waals surface area (Å²) >= 11 is 0. The number of benzene rings is 1. The van der Waals surface area contributed by atoms with Gasteiger partial charge in [-0.2, -0.15) is 0 Å². The number of carboxylic acid groups (broad SMARTS) is 1. The molecule has 2 rings (SSSR count). The van der Waals surface area contributed by atoms with Gasteiger partial charge < -0.3 is 10.2 Å². The molecule has 1 aliphatic rings. The molecule has 1 heterocycles. The Morgan fingerprint density at radius 3 is 2.90 bits per heavy atom. The lowest BCUT2D eigenvalue weighted by Gasteiger charge is -2.39. The topological polar surface area (TPSA) is 60.8 Å². The number of aliphatic carboxylic acids is 1. The minimum atomic E-state index is -0.770. The lowest BCUT2D eigenvalue weighted by molar-refractivity contribution is -0.153. The van der Waals surface area contributed by atoms with Crippen LogP contribution in [0, 0.1) is 11.2 Å². The average Bonchev–Trinajstić information content (AvgIpc) is 2.43. The van der Waals surface area contributed by atoms with Crippen molar-refractivity contribution >= 4 is 5.97 Å². The Hall–Kier alpha value is -1.62. The number of likely N-dealkylation sites (tertiary alicyclic amines) is 1. The van der Waals surface area contributed by atoms with Crippen LogP contribution in [-0.2, 0) is 11.3 Å². The van der Waals surface area contributed by atoms with Crippen LogP contribution in [0.2, 0.25) is 0 Å². The van der Waals surface area contributed by atoms with Crippen molar-refractivity contribution in [3.8, 4) is 5.75 Å². The van der Waals surface area contributed by atoms with Gasteiger partial charge in [0.15, 0.2) is 0 Å². The maximum Gasteiger partial charge on any atom is 0.310 e. The molecule has 0 bridgehead atoms. The molecule has 4 nitrogen and oxygen atoms in total. The van der Waals surface area contributed by atoms with Crippen molar-refractivity contribution in [3.63, 3.8) is 0 Å². The molecule has 5 heteroatoms. The van der Waals surface area contributed by atoms with Crippen LogP contribution in [0.3, 0.4) is 0 Å². The fourth-order valence-corrected chi connectivity index (χ4v) is 2.90. The number of rotatable bonds is 4. The van der Waals surface area contributed by atoms with Crippen LogP contribution in [0.1, 0.15) is 31.7 Å². The standard InChI is InChI=1S/C15H20FNO3/c1-2-15(14(19)20)6-3-7-17(10-15)9-11-8-12(16)4-5-13(11)18/h4-5,8,18H,2-3,6-7,9-10H2,1H3,(H,19,20). The normalized spacial score (nSPS) is 23.7. The Morgan fingerprint density at radius 1 is 1.50 bits per heavy atom. The smallest absolute Gasteiger partial charge is 0.310 e. The summed E-state index contributed by atoms with van der Waals surface area (Å²) in [6, 6.07) is 3.85. The number of phenols is 1. The third-order valence-electron chi connectivity index (χ3n) is 4.22. The summed E-state index contributed by atoms with van der Waals surface area (Å²) in [5, 5.41) is 19.2. The third kappa shape index (κ3) is 2.93. The number of carbonyl (C=O) groups is 1. The summed E-state index contributed by atoms with van der Waals surface area (Å²) in [5.41, 5.74) is -0.219. The molecule has 0 amide bonds. The molecule has 2 N–H and O–H groups in total. The number of halogens is 1. The first-order valence-electron chi connectivity index (χ1n) is 6.90. The maximum atomic E-state index is 13.2. The summed E-state index contributed by atoms with van der Waals surface area (Å²) in [6.07, 6.45) is 2.05. The van der Waals surface area contributed by atoms with Crippen LogP contribution < -0.4 is 0 Å². The van der Waals surface area contributed by atoms with E-state index >= 15 is 0 Å². The summed E-state index contributed by atoms with van der Waals surface area (Å²) < 4.78 is 13.2. The summed E-state index contributed by atoms with van der Waals surface area (Å²) in [5.74, 6) is -1.11. The third-order valence-corrected chi connectivity index (χ3v) is 4.22. The van der Waals surface area contributed by atoms with E-state index in [0.717, 1.165) is 13.0 Å². The van der Waals surface area contributed by atoms with Gasteiger partial charge in [0.1, 0.15) is 11.6 Å². The van der Waals surface area contributed by atoms with Gasteiger partial charge >= 0.3 is 5.97 Å². The Balaban J connectivity index is 2.13. The van der Waals surface area contributed by atoms with Gasteiger partial charge in [0.05, 0.1) is 5.41 Å². The Morgan fingerprint density at radius 2 is 2.25 bits per heavy atom. The van der Waals surface area contributed by atoms with Crippen molar-refractivity contribution in [2.75, 3.05) is 13.1 Å². The second-order valence-corrected chi connectivity index (χ2v) is 5.53. The molecule has 110 valence electrons. The molecule has 0 radical (unpaired) electrons. The van der Waals surface area contributed by atoms with Gasteiger partial charge in [-0.25, -0.2) is 4.39 Å². The van der Waals surface area contributed by atoms with Crippen LogP contribution in [0.5, 0.6) is 5.75 Å². The van der Waals surface area contributed by atoms with Gasteiger partial charge in [0.25, 0.3) is 0 Å². The van der Waals surface area contributed by atoms with Crippen molar-refractivity contribution < 1.29 is 19.4 Å². The SMILES string of the molecule is CCC1(C(=O)O)CCCN(Cc2cc(F)ccc2O)C1. The van der Waals surface area contributed by atoms with E-state index < -0.39 is 17.2 Å². The average molecular weight is 281 g/mol. The van der Waals surface area contributed by atoms with Crippen molar-refractivity contribution in [3.05, 3.63) is 29.6 Å². The largest absolute Gasteiger partial charge is 0.508 e. The molecule has 1 atom stereocenters. The highest BCUT2D eigenvalue weighted by Crippen LogP contribution is 2.34. The number of hydrogen-bond acceptors (Lipinski definition) is 3. The molecule has 1 saturated heterocycles. The molecule has 0 spiro atoms. The van der Waals surface area contributed by atoms with Crippen LogP contribution in [0.15, 0.2) is 18.2 Å². The van der Waals surface area contributed by atoms with Crippen LogP contribution in [0.4, 0.5) is 4.39 Å². The highest BCUT2D eigenvalue weighted by Gasteiger charge is 2.40. The zero-order valence-electron chi connectivity index (χ0n) is 11.6. The first-order valence-corrected chi connectivity index (χ1v) is 6.90. The van der Waals surface area contributed by atoms with Crippen molar-refractivity contribution in [1.82, 2.24) is 4.90 Å². The first-order chi connectivity index (χ1) is 9.47. The van der Waals surface area contributed by atoms with Crippen LogP contribution in [-0.4, -0.2) is 34.2 Å². The number of nitrogens with zero attached hydrogens (tertiary/aromatic N) is 1. The summed E-state index contributed by atoms with van der Waals surface area (Å²) in [4.78, 5) is 13.5. The second-order valence-electron chi connectivity index (χ2n) is 5.53. The molecule has 1 unspecified atom stereocenters. The molecule has 0 aromatic heterocycles. The van der Waals surface area contributed by atoms with E-state index in [4.69, 9.17) is 0 Å². The van der Waals surface area contributed by atoms with Crippen molar-refractivity contribution in [2.24, 2.45) is 5.41 Å². The molecule has 1 aliphatic heterocycles. The Labute approximate surface area is 117 Å². The van der Waals surface area contributed by atoms with Gasteiger partial charge in [0.2, 0.25) is 0 Å². The van der Waals surface area contributed by atoms with Crippen LogP contribution >= 0.6 is 0 Å². The molecule has 0 saturated carbocycles. The zero-order chi connectivity index (χ0) is 14.8. The van der Waals surface area contributed by atoms with Gasteiger partial charge in [-0.3, -0.25) is 9.69 Å². The van der Waals surface area contributed by atoms with E-state index in [2.05, 4.69) is 0 Å². The highest BCUT2D eigenvalue weighted by molar-refractivity contribution is 5.75. The lowest BCUT2D eigenvalue weighted by Crippen LogP contribution is -2.47. The van der Waals surface area contributed by atoms with Gasteiger partial charge in [-0.1, -0.05) is 6.92 Å². The van der Waals surface area contributed by atoms with E-state index in [1.807, 2.05) is 11.8 Å². The van der Waals surface area contributed by atoms with Gasteiger partial charge in [0, 0.05) is 18.7 Å². The fourth-order valence-electron chi connectivity index (χ4n) is 2.90. The number of aromatic hydroxyl groups is 1. The van der Waals surface area contributed by atoms with Crippen LogP contribution in [0.25, 0.3) is 0 Å². The van der Waals surface area contributed by atoms with E-state index in [1.54, 1.807) is 0 Å². The predicted octanol–water partition coefficient (Wildman–Crippen LogP) is 2.61. The first kappa shape index (κ1) is 14.8. The zero-order valence-corrected chi connectivity index (χ0v) is 11.6. The predicted molar refractivity (Wildman–Crippen MR) is 72.9 cm³/mol. The minimum absolute atomic E-state index is 0.0504.